The van der Waals surface area contributed by atoms with Gasteiger partial charge in [0.2, 0.25) is 0 Å². The average Bonchev–Trinajstić information content (AvgIpc) is 3.38. The minimum absolute atomic E-state index is 0.249. The first-order chi connectivity index (χ1) is 18.5. The maximum atomic E-state index is 13.7. The number of H-pyrrole nitrogens is 1. The van der Waals surface area contributed by atoms with E-state index in [9.17, 15) is 9.59 Å². The van der Waals surface area contributed by atoms with Gasteiger partial charge in [-0.1, -0.05) is 94.3 Å². The Morgan fingerprint density at radius 1 is 0.895 bits per heavy atom. The lowest BCUT2D eigenvalue weighted by atomic mass is 9.91. The number of nitrogens with zero attached hydrogens (tertiary/aromatic N) is 2. The number of amides is 1. The molecule has 2 heterocycles. The Bertz CT molecular complexity index is 1770. The zero-order valence-corrected chi connectivity index (χ0v) is 22.4. The maximum Gasteiger partial charge on any atom is 0.274 e. The van der Waals surface area contributed by atoms with Crippen molar-refractivity contribution in [1.29, 1.82) is 0 Å². The fourth-order valence-corrected chi connectivity index (χ4v) is 5.53. The zero-order valence-electron chi connectivity index (χ0n) is 20.1. The lowest BCUT2D eigenvalue weighted by Gasteiger charge is -2.22. The van der Waals surface area contributed by atoms with E-state index in [2.05, 4.69) is 20.9 Å². The molecule has 5 aromatic rings. The number of carbonyl (C=O) groups is 1. The third-order valence-electron chi connectivity index (χ3n) is 6.70. The first-order valence-electron chi connectivity index (χ1n) is 12.1. The van der Waals surface area contributed by atoms with Gasteiger partial charge >= 0.3 is 0 Å². The molecule has 0 aliphatic carbocycles. The van der Waals surface area contributed by atoms with Crippen LogP contribution in [0, 0.1) is 0 Å². The molecule has 1 aliphatic heterocycles. The van der Waals surface area contributed by atoms with Crippen molar-refractivity contribution in [2.24, 2.45) is 5.10 Å². The number of halogens is 2. The number of nitrogens with one attached hydrogen (secondary N) is 1. The number of aromatic amines is 1. The van der Waals surface area contributed by atoms with Crippen molar-refractivity contribution >= 4 is 50.1 Å². The van der Waals surface area contributed by atoms with E-state index in [0.29, 0.717) is 28.3 Å². The molecule has 6 rings (SSSR count). The first kappa shape index (κ1) is 24.3. The molecule has 1 atom stereocenters. The topological polar surface area (TPSA) is 65.5 Å². The van der Waals surface area contributed by atoms with Gasteiger partial charge in [0.25, 0.3) is 11.5 Å². The van der Waals surface area contributed by atoms with Crippen molar-refractivity contribution in [2.75, 3.05) is 0 Å². The average molecular weight is 583 g/mol. The minimum atomic E-state index is -0.376. The molecule has 1 N–H and O–H groups in total. The molecular weight excluding hydrogens is 562 g/mol. The van der Waals surface area contributed by atoms with Gasteiger partial charge in [-0.2, -0.15) is 5.10 Å². The van der Waals surface area contributed by atoms with E-state index in [1.165, 1.54) is 5.01 Å². The van der Waals surface area contributed by atoms with E-state index in [1.807, 2.05) is 78.9 Å². The Morgan fingerprint density at radius 3 is 2.37 bits per heavy atom. The van der Waals surface area contributed by atoms with Crippen molar-refractivity contribution in [3.05, 3.63) is 140 Å². The van der Waals surface area contributed by atoms with Crippen molar-refractivity contribution < 1.29 is 4.79 Å². The smallest absolute Gasteiger partial charge is 0.274 e. The van der Waals surface area contributed by atoms with Crippen LogP contribution >= 0.6 is 27.5 Å². The van der Waals surface area contributed by atoms with Crippen LogP contribution < -0.4 is 5.56 Å². The van der Waals surface area contributed by atoms with E-state index >= 15 is 0 Å². The normalized spacial score (nSPS) is 15.1. The molecule has 38 heavy (non-hydrogen) atoms. The molecule has 1 aliphatic rings. The van der Waals surface area contributed by atoms with Gasteiger partial charge in [-0.25, -0.2) is 5.01 Å². The predicted octanol–water partition coefficient (Wildman–Crippen LogP) is 7.60. The summed E-state index contributed by atoms with van der Waals surface area (Å²) in [5.74, 6) is -0.280. The summed E-state index contributed by atoms with van der Waals surface area (Å²) >= 11 is 9.78. The zero-order chi connectivity index (χ0) is 26.2. The number of pyridine rings is 1. The SMILES string of the molecule is O=C(c1cccc(Cl)c1)N1N=C(c2c(-c3ccccc3)c3cc(Br)ccc3[nH]c2=O)C[C@@H]1c1ccccc1. The standard InChI is InChI=1S/C31H21BrClN3O2/c32-22-14-15-25-24(17-22)28(20-10-5-2-6-11-20)29(30(37)34-25)26-18-27(19-8-3-1-4-9-19)36(35-26)31(38)21-12-7-13-23(33)16-21/h1-17,27H,18H2,(H,34,37)/t27-/m1/s1. The lowest BCUT2D eigenvalue weighted by molar-refractivity contribution is 0.0711. The molecule has 0 unspecified atom stereocenters. The summed E-state index contributed by atoms with van der Waals surface area (Å²) in [6, 6.07) is 31.8. The highest BCUT2D eigenvalue weighted by Crippen LogP contribution is 2.38. The summed E-state index contributed by atoms with van der Waals surface area (Å²) in [6.45, 7) is 0. The number of aromatic nitrogens is 1. The predicted molar refractivity (Wildman–Crippen MR) is 156 cm³/mol. The molecule has 0 spiro atoms. The van der Waals surface area contributed by atoms with Gasteiger partial charge in [0.1, 0.15) is 0 Å². The van der Waals surface area contributed by atoms with Crippen molar-refractivity contribution in [3.63, 3.8) is 0 Å². The number of benzene rings is 4. The second kappa shape index (κ2) is 10.0. The van der Waals surface area contributed by atoms with E-state index < -0.39 is 0 Å². The Kier molecular flexibility index (Phi) is 6.44. The highest BCUT2D eigenvalue weighted by molar-refractivity contribution is 9.10. The summed E-state index contributed by atoms with van der Waals surface area (Å²) in [6.07, 6.45) is 0.388. The van der Waals surface area contributed by atoms with Gasteiger partial charge < -0.3 is 4.98 Å². The molecule has 5 nitrogen and oxygen atoms in total. The summed E-state index contributed by atoms with van der Waals surface area (Å²) in [4.78, 5) is 30.4. The highest BCUT2D eigenvalue weighted by Gasteiger charge is 2.36. The summed E-state index contributed by atoms with van der Waals surface area (Å²) < 4.78 is 0.897. The van der Waals surface area contributed by atoms with Gasteiger partial charge in [-0.15, -0.1) is 0 Å². The molecule has 186 valence electrons. The number of hydrazone groups is 1. The van der Waals surface area contributed by atoms with E-state index in [-0.39, 0.29) is 17.5 Å². The van der Waals surface area contributed by atoms with Gasteiger partial charge in [0.05, 0.1) is 17.3 Å². The Balaban J connectivity index is 1.57. The Hall–Kier alpha value is -4.00. The highest BCUT2D eigenvalue weighted by atomic mass is 79.9. The van der Waals surface area contributed by atoms with Crippen LogP contribution in [0.1, 0.15) is 33.9 Å². The van der Waals surface area contributed by atoms with Crippen LogP contribution in [0.25, 0.3) is 22.0 Å². The molecular formula is C31H21BrClN3O2. The molecule has 0 saturated heterocycles. The monoisotopic (exact) mass is 581 g/mol. The summed E-state index contributed by atoms with van der Waals surface area (Å²) in [5.41, 5.74) is 4.54. The van der Waals surface area contributed by atoms with Crippen LogP contribution in [-0.2, 0) is 0 Å². The third kappa shape index (κ3) is 4.46. The van der Waals surface area contributed by atoms with E-state index in [1.54, 1.807) is 24.3 Å². The van der Waals surface area contributed by atoms with Gasteiger partial charge in [-0.3, -0.25) is 9.59 Å². The van der Waals surface area contributed by atoms with Crippen molar-refractivity contribution in [3.8, 4) is 11.1 Å². The van der Waals surface area contributed by atoms with Crippen LogP contribution in [0.4, 0.5) is 0 Å². The van der Waals surface area contributed by atoms with Crippen LogP contribution in [-0.4, -0.2) is 21.6 Å². The fourth-order valence-electron chi connectivity index (χ4n) is 4.98. The second-order valence-corrected chi connectivity index (χ2v) is 10.4. The van der Waals surface area contributed by atoms with E-state index in [0.717, 1.165) is 32.1 Å². The van der Waals surface area contributed by atoms with Crippen molar-refractivity contribution in [1.82, 2.24) is 9.99 Å². The molecule has 4 aromatic carbocycles. The molecule has 0 saturated carbocycles. The molecule has 0 radical (unpaired) electrons. The van der Waals surface area contributed by atoms with Crippen LogP contribution in [0.2, 0.25) is 5.02 Å². The number of fused-ring (bicyclic) bond motifs is 1. The molecule has 1 aromatic heterocycles. The van der Waals surface area contributed by atoms with Crippen molar-refractivity contribution in [2.45, 2.75) is 12.5 Å². The Morgan fingerprint density at radius 2 is 1.63 bits per heavy atom. The number of hydrogen-bond acceptors (Lipinski definition) is 3. The summed E-state index contributed by atoms with van der Waals surface area (Å²) in [7, 11) is 0. The molecule has 0 bridgehead atoms. The number of hydrogen-bond donors (Lipinski definition) is 1. The fraction of sp³-hybridized carbons (Fsp3) is 0.0645. The van der Waals surface area contributed by atoms with Gasteiger partial charge in [-0.05, 0) is 47.5 Å². The van der Waals surface area contributed by atoms with Crippen LogP contribution in [0.5, 0.6) is 0 Å². The van der Waals surface area contributed by atoms with Gasteiger partial charge in [0.15, 0.2) is 0 Å². The quantitative estimate of drug-likeness (QED) is 0.237. The van der Waals surface area contributed by atoms with Crippen LogP contribution in [0.15, 0.2) is 117 Å². The first-order valence-corrected chi connectivity index (χ1v) is 13.3. The molecule has 1 amide bonds. The second-order valence-electron chi connectivity index (χ2n) is 9.10. The minimum Gasteiger partial charge on any atom is -0.321 e. The largest absolute Gasteiger partial charge is 0.321 e. The third-order valence-corrected chi connectivity index (χ3v) is 7.43. The Labute approximate surface area is 232 Å². The summed E-state index contributed by atoms with van der Waals surface area (Å²) in [5, 5.41) is 7.66. The van der Waals surface area contributed by atoms with Crippen LogP contribution in [0.3, 0.4) is 0 Å². The lowest BCUT2D eigenvalue weighted by Crippen LogP contribution is -2.27. The number of carbonyl (C=O) groups excluding carboxylic acids is 1. The van der Waals surface area contributed by atoms with E-state index in [4.69, 9.17) is 16.7 Å². The molecule has 0 fully saturated rings. The van der Waals surface area contributed by atoms with Gasteiger partial charge in [0, 0.05) is 37.9 Å². The molecule has 7 heteroatoms. The number of rotatable bonds is 4. The maximum absolute atomic E-state index is 13.7.